The van der Waals surface area contributed by atoms with Crippen molar-refractivity contribution in [2.75, 3.05) is 23.4 Å². The van der Waals surface area contributed by atoms with Crippen LogP contribution in [0.4, 0.5) is 11.4 Å². The maximum atomic E-state index is 12.9. The largest absolute Gasteiger partial charge is 0.459 e. The van der Waals surface area contributed by atoms with Crippen LogP contribution in [0.2, 0.25) is 0 Å². The van der Waals surface area contributed by atoms with Crippen LogP contribution in [-0.4, -0.2) is 36.2 Å². The fourth-order valence-corrected chi connectivity index (χ4v) is 4.62. The van der Waals surface area contributed by atoms with Gasteiger partial charge < -0.3 is 19.4 Å². The number of rotatable bonds is 5. The average Bonchev–Trinajstić information content (AvgIpc) is 3.29. The van der Waals surface area contributed by atoms with Gasteiger partial charge in [0, 0.05) is 22.4 Å². The highest BCUT2D eigenvalue weighted by Gasteiger charge is 2.25. The Morgan fingerprint density at radius 3 is 2.76 bits per heavy atom. The second kappa shape index (κ2) is 9.95. The summed E-state index contributed by atoms with van der Waals surface area (Å²) < 4.78 is 10.4. The first kappa shape index (κ1) is 22.7. The van der Waals surface area contributed by atoms with Crippen molar-refractivity contribution < 1.29 is 23.5 Å². The van der Waals surface area contributed by atoms with Crippen molar-refractivity contribution in [3.63, 3.8) is 0 Å². The normalized spacial score (nSPS) is 15.3. The highest BCUT2D eigenvalue weighted by atomic mass is 32.2. The standard InChI is InChI=1S/C25H24N2O5S/c1-16-9-10-18(14-19(16)26-24(29)21-7-5-13-31-21)25(30)32-15-23(28)27-12-11-17(2)33-22-8-4-3-6-20(22)27/h3-10,13-14,17H,11-12,15H2,1-2H3,(H,26,29). The molecule has 4 rings (SSSR count). The predicted octanol–water partition coefficient (Wildman–Crippen LogP) is 4.91. The Morgan fingerprint density at radius 2 is 1.97 bits per heavy atom. The molecule has 33 heavy (non-hydrogen) atoms. The number of carbonyl (C=O) groups is 3. The third kappa shape index (κ3) is 5.28. The second-order valence-corrected chi connectivity index (χ2v) is 9.25. The van der Waals surface area contributed by atoms with Crippen LogP contribution in [0, 0.1) is 6.92 Å². The third-order valence-electron chi connectivity index (χ3n) is 5.34. The molecule has 0 radical (unpaired) electrons. The van der Waals surface area contributed by atoms with Crippen LogP contribution in [0.15, 0.2) is 70.2 Å². The van der Waals surface area contributed by atoms with Crippen molar-refractivity contribution in [3.05, 3.63) is 77.7 Å². The van der Waals surface area contributed by atoms with E-state index in [1.54, 1.807) is 40.9 Å². The van der Waals surface area contributed by atoms with Gasteiger partial charge in [0.2, 0.25) is 0 Å². The number of furan rings is 1. The number of hydrogen-bond acceptors (Lipinski definition) is 6. The fraction of sp³-hybridized carbons (Fsp3) is 0.240. The number of amides is 2. The zero-order valence-electron chi connectivity index (χ0n) is 18.4. The zero-order valence-corrected chi connectivity index (χ0v) is 19.2. The first-order valence-electron chi connectivity index (χ1n) is 10.6. The van der Waals surface area contributed by atoms with Crippen LogP contribution >= 0.6 is 11.8 Å². The number of para-hydroxylation sites is 1. The molecule has 1 aromatic heterocycles. The third-order valence-corrected chi connectivity index (χ3v) is 6.57. The summed E-state index contributed by atoms with van der Waals surface area (Å²) >= 11 is 1.74. The molecule has 2 heterocycles. The number of anilines is 2. The molecule has 1 N–H and O–H groups in total. The van der Waals surface area contributed by atoms with Gasteiger partial charge in [0.05, 0.1) is 17.5 Å². The van der Waals surface area contributed by atoms with Crippen molar-refractivity contribution >= 4 is 40.9 Å². The van der Waals surface area contributed by atoms with E-state index in [4.69, 9.17) is 9.15 Å². The Hall–Kier alpha value is -3.52. The minimum Gasteiger partial charge on any atom is -0.459 e. The van der Waals surface area contributed by atoms with Crippen LogP contribution in [0.25, 0.3) is 0 Å². The molecular weight excluding hydrogens is 440 g/mol. The van der Waals surface area contributed by atoms with Crippen molar-refractivity contribution in [2.45, 2.75) is 30.4 Å². The summed E-state index contributed by atoms with van der Waals surface area (Å²) in [5, 5.41) is 3.11. The zero-order chi connectivity index (χ0) is 23.4. The predicted molar refractivity (Wildman–Crippen MR) is 127 cm³/mol. The number of benzene rings is 2. The van der Waals surface area contributed by atoms with Crippen molar-refractivity contribution in [1.82, 2.24) is 0 Å². The van der Waals surface area contributed by atoms with Gasteiger partial charge in [0.15, 0.2) is 12.4 Å². The van der Waals surface area contributed by atoms with Crippen molar-refractivity contribution in [3.8, 4) is 0 Å². The van der Waals surface area contributed by atoms with E-state index in [2.05, 4.69) is 12.2 Å². The van der Waals surface area contributed by atoms with E-state index in [1.165, 1.54) is 12.3 Å². The van der Waals surface area contributed by atoms with E-state index in [9.17, 15) is 14.4 Å². The van der Waals surface area contributed by atoms with Gasteiger partial charge in [-0.1, -0.05) is 25.1 Å². The molecule has 1 unspecified atom stereocenters. The lowest BCUT2D eigenvalue weighted by atomic mass is 10.1. The Morgan fingerprint density at radius 1 is 1.15 bits per heavy atom. The molecule has 0 bridgehead atoms. The molecule has 3 aromatic rings. The molecule has 1 atom stereocenters. The molecule has 0 fully saturated rings. The molecule has 0 saturated carbocycles. The molecule has 7 nitrogen and oxygen atoms in total. The van der Waals surface area contributed by atoms with Gasteiger partial charge in [0.1, 0.15) is 0 Å². The first-order chi connectivity index (χ1) is 15.9. The van der Waals surface area contributed by atoms with Gasteiger partial charge in [-0.15, -0.1) is 11.8 Å². The number of aryl methyl sites for hydroxylation is 1. The molecule has 0 aliphatic carbocycles. The molecule has 1 aliphatic heterocycles. The van der Waals surface area contributed by atoms with Crippen LogP contribution < -0.4 is 10.2 Å². The quantitative estimate of drug-likeness (QED) is 0.540. The molecule has 1 aliphatic rings. The smallest absolute Gasteiger partial charge is 0.338 e. The summed E-state index contributed by atoms with van der Waals surface area (Å²) in [6.07, 6.45) is 2.25. The number of nitrogens with one attached hydrogen (secondary N) is 1. The number of carbonyl (C=O) groups excluding carboxylic acids is 3. The van der Waals surface area contributed by atoms with Gasteiger partial charge in [-0.3, -0.25) is 9.59 Å². The summed E-state index contributed by atoms with van der Waals surface area (Å²) in [5.41, 5.74) is 2.31. The maximum Gasteiger partial charge on any atom is 0.338 e. The Bertz CT molecular complexity index is 1180. The SMILES string of the molecule is Cc1ccc(C(=O)OCC(=O)N2CCC(C)Sc3ccccc32)cc1NC(=O)c1ccco1. The Kier molecular flexibility index (Phi) is 6.84. The lowest BCUT2D eigenvalue weighted by Crippen LogP contribution is -2.35. The highest BCUT2D eigenvalue weighted by Crippen LogP contribution is 2.37. The van der Waals surface area contributed by atoms with Crippen molar-refractivity contribution in [2.24, 2.45) is 0 Å². The van der Waals surface area contributed by atoms with Gasteiger partial charge in [-0.2, -0.15) is 0 Å². The molecule has 0 spiro atoms. The van der Waals surface area contributed by atoms with Crippen LogP contribution in [0.1, 0.15) is 39.8 Å². The monoisotopic (exact) mass is 464 g/mol. The Balaban J connectivity index is 1.43. The summed E-state index contributed by atoms with van der Waals surface area (Å²) in [4.78, 5) is 40.6. The lowest BCUT2D eigenvalue weighted by Gasteiger charge is -2.22. The van der Waals surface area contributed by atoms with Gasteiger partial charge in [0.25, 0.3) is 11.8 Å². The van der Waals surface area contributed by atoms with Crippen LogP contribution in [-0.2, 0) is 9.53 Å². The van der Waals surface area contributed by atoms with E-state index < -0.39 is 11.9 Å². The lowest BCUT2D eigenvalue weighted by molar-refractivity contribution is -0.121. The van der Waals surface area contributed by atoms with Crippen LogP contribution in [0.5, 0.6) is 0 Å². The molecule has 0 saturated heterocycles. The van der Waals surface area contributed by atoms with E-state index >= 15 is 0 Å². The summed E-state index contributed by atoms with van der Waals surface area (Å²) in [6, 6.07) is 15.8. The Labute approximate surface area is 196 Å². The maximum absolute atomic E-state index is 12.9. The molecule has 170 valence electrons. The number of fused-ring (bicyclic) bond motifs is 1. The highest BCUT2D eigenvalue weighted by molar-refractivity contribution is 8.00. The van der Waals surface area contributed by atoms with Gasteiger partial charge in [-0.25, -0.2) is 4.79 Å². The summed E-state index contributed by atoms with van der Waals surface area (Å²) in [6.45, 7) is 4.14. The molecule has 2 amide bonds. The number of thioether (sulfide) groups is 1. The number of ether oxygens (including phenoxy) is 1. The second-order valence-electron chi connectivity index (χ2n) is 7.77. The van der Waals surface area contributed by atoms with E-state index in [0.717, 1.165) is 22.6 Å². The van der Waals surface area contributed by atoms with E-state index in [0.29, 0.717) is 17.5 Å². The van der Waals surface area contributed by atoms with E-state index in [1.807, 2.05) is 31.2 Å². The molecule has 2 aromatic carbocycles. The summed E-state index contributed by atoms with van der Waals surface area (Å²) in [5.74, 6) is -1.17. The number of nitrogens with zero attached hydrogens (tertiary/aromatic N) is 1. The van der Waals surface area contributed by atoms with Crippen LogP contribution in [0.3, 0.4) is 0 Å². The van der Waals surface area contributed by atoms with Crippen molar-refractivity contribution in [1.29, 1.82) is 0 Å². The van der Waals surface area contributed by atoms with E-state index in [-0.39, 0.29) is 23.8 Å². The summed E-state index contributed by atoms with van der Waals surface area (Å²) in [7, 11) is 0. The molecular formula is C25H24N2O5S. The minimum atomic E-state index is -0.636. The molecule has 8 heteroatoms. The topological polar surface area (TPSA) is 88.9 Å². The number of hydrogen-bond donors (Lipinski definition) is 1. The fourth-order valence-electron chi connectivity index (χ4n) is 3.51. The number of esters is 1. The average molecular weight is 465 g/mol. The first-order valence-corrected chi connectivity index (χ1v) is 11.5. The minimum absolute atomic E-state index is 0.165. The van der Waals surface area contributed by atoms with Gasteiger partial charge >= 0.3 is 5.97 Å². The van der Waals surface area contributed by atoms with Gasteiger partial charge in [-0.05, 0) is 55.3 Å².